The number of rotatable bonds is 5. The normalized spacial score (nSPS) is 9.38. The van der Waals surface area contributed by atoms with Crippen LogP contribution in [-0.4, -0.2) is 20.2 Å². The van der Waals surface area contributed by atoms with E-state index in [1.54, 1.807) is 31.0 Å². The van der Waals surface area contributed by atoms with Gasteiger partial charge >= 0.3 is 0 Å². The minimum atomic E-state index is 0.708. The van der Waals surface area contributed by atoms with Crippen molar-refractivity contribution in [3.8, 4) is 0 Å². The molecular formula is C18H20N6. The molecule has 0 radical (unpaired) electrons. The zero-order valence-electron chi connectivity index (χ0n) is 13.5. The lowest BCUT2D eigenvalue weighted by Crippen LogP contribution is -2.00. The summed E-state index contributed by atoms with van der Waals surface area (Å²) in [6.07, 6.45) is 10.3. The highest BCUT2D eigenvalue weighted by Crippen LogP contribution is 2.21. The number of hydrogen-bond acceptors (Lipinski definition) is 5. The minimum Gasteiger partial charge on any atom is -0.359 e. The molecule has 3 N–H and O–H groups in total. The summed E-state index contributed by atoms with van der Waals surface area (Å²) in [6.45, 7) is 9.58. The standard InChI is InChI=1S/C12H13N5.C6H7N/c1-3-14-11-8-15-17-12(11)9(2)16-10-5-4-6-13-7-10;1-6-3-2-4-7-5-6/h3-8,14,16H,1-2H2,(H,15,17);2-5H,1H3. The Labute approximate surface area is 141 Å². The molecule has 0 amide bonds. The van der Waals surface area contributed by atoms with Crippen molar-refractivity contribution < 1.29 is 0 Å². The molecule has 6 nitrogen and oxygen atoms in total. The van der Waals surface area contributed by atoms with E-state index in [0.717, 1.165) is 17.1 Å². The third-order valence-corrected chi connectivity index (χ3v) is 2.96. The molecule has 0 unspecified atom stereocenters. The first kappa shape index (κ1) is 17.0. The van der Waals surface area contributed by atoms with Crippen molar-refractivity contribution in [1.82, 2.24) is 20.2 Å². The topological polar surface area (TPSA) is 78.5 Å². The maximum atomic E-state index is 4.02. The van der Waals surface area contributed by atoms with Crippen LogP contribution in [-0.2, 0) is 0 Å². The highest BCUT2D eigenvalue weighted by molar-refractivity contribution is 5.79. The summed E-state index contributed by atoms with van der Waals surface area (Å²) in [4.78, 5) is 7.90. The largest absolute Gasteiger partial charge is 0.359 e. The van der Waals surface area contributed by atoms with Gasteiger partial charge in [-0.3, -0.25) is 15.1 Å². The van der Waals surface area contributed by atoms with Gasteiger partial charge in [0.05, 0.1) is 29.5 Å². The van der Waals surface area contributed by atoms with Crippen molar-refractivity contribution in [2.24, 2.45) is 0 Å². The first-order valence-electron chi connectivity index (χ1n) is 7.34. The van der Waals surface area contributed by atoms with Crippen LogP contribution in [0.3, 0.4) is 0 Å². The van der Waals surface area contributed by atoms with E-state index in [-0.39, 0.29) is 0 Å². The van der Waals surface area contributed by atoms with E-state index in [1.165, 1.54) is 5.56 Å². The summed E-state index contributed by atoms with van der Waals surface area (Å²) < 4.78 is 0. The highest BCUT2D eigenvalue weighted by Gasteiger charge is 2.07. The van der Waals surface area contributed by atoms with E-state index < -0.39 is 0 Å². The fourth-order valence-electron chi connectivity index (χ4n) is 1.86. The molecule has 0 aliphatic rings. The van der Waals surface area contributed by atoms with E-state index in [4.69, 9.17) is 0 Å². The Hall–Kier alpha value is -3.41. The SMILES string of the molecule is C=CNc1cn[nH]c1C(=C)Nc1cccnc1.Cc1cccnc1. The van der Waals surface area contributed by atoms with Crippen LogP contribution in [0.1, 0.15) is 11.3 Å². The molecule has 0 saturated heterocycles. The molecule has 0 spiro atoms. The summed E-state index contributed by atoms with van der Waals surface area (Å²) in [7, 11) is 0. The Balaban J connectivity index is 0.000000249. The molecule has 0 aliphatic heterocycles. The number of H-pyrrole nitrogens is 1. The fourth-order valence-corrected chi connectivity index (χ4v) is 1.86. The molecule has 0 aromatic carbocycles. The number of anilines is 2. The number of aromatic nitrogens is 4. The molecule has 3 aromatic rings. The van der Waals surface area contributed by atoms with Crippen LogP contribution >= 0.6 is 0 Å². The van der Waals surface area contributed by atoms with Crippen LogP contribution in [0, 0.1) is 6.92 Å². The highest BCUT2D eigenvalue weighted by atomic mass is 15.1. The molecule has 0 aliphatic carbocycles. The monoisotopic (exact) mass is 320 g/mol. The molecule has 6 heteroatoms. The van der Waals surface area contributed by atoms with E-state index >= 15 is 0 Å². The Bertz CT molecular complexity index is 764. The second-order valence-corrected chi connectivity index (χ2v) is 4.88. The van der Waals surface area contributed by atoms with E-state index in [1.807, 2.05) is 37.4 Å². The first-order chi connectivity index (χ1) is 11.7. The maximum absolute atomic E-state index is 4.02. The molecule has 122 valence electrons. The van der Waals surface area contributed by atoms with Gasteiger partial charge in [-0.05, 0) is 36.9 Å². The molecular weight excluding hydrogens is 300 g/mol. The molecule has 0 saturated carbocycles. The van der Waals surface area contributed by atoms with Crippen LogP contribution in [0.2, 0.25) is 0 Å². The summed E-state index contributed by atoms with van der Waals surface area (Å²) in [5.74, 6) is 0. The minimum absolute atomic E-state index is 0.708. The number of hydrogen-bond donors (Lipinski definition) is 3. The van der Waals surface area contributed by atoms with Crippen molar-refractivity contribution in [1.29, 1.82) is 0 Å². The summed E-state index contributed by atoms with van der Waals surface area (Å²) in [5, 5.41) is 12.9. The average Bonchev–Trinajstić information content (AvgIpc) is 3.06. The first-order valence-corrected chi connectivity index (χ1v) is 7.34. The Morgan fingerprint density at radius 2 is 1.88 bits per heavy atom. The quantitative estimate of drug-likeness (QED) is 0.666. The van der Waals surface area contributed by atoms with Gasteiger partial charge in [0, 0.05) is 18.6 Å². The Morgan fingerprint density at radius 3 is 2.42 bits per heavy atom. The third-order valence-electron chi connectivity index (χ3n) is 2.96. The van der Waals surface area contributed by atoms with Crippen molar-refractivity contribution in [2.75, 3.05) is 10.6 Å². The molecule has 0 fully saturated rings. The third kappa shape index (κ3) is 5.10. The van der Waals surface area contributed by atoms with Crippen molar-refractivity contribution in [3.05, 3.63) is 85.9 Å². The van der Waals surface area contributed by atoms with Crippen molar-refractivity contribution in [2.45, 2.75) is 6.92 Å². The molecule has 3 aromatic heterocycles. The van der Waals surface area contributed by atoms with Crippen LogP contribution in [0.15, 0.2) is 74.6 Å². The van der Waals surface area contributed by atoms with Gasteiger partial charge < -0.3 is 10.6 Å². The number of nitrogens with one attached hydrogen (secondary N) is 3. The van der Waals surface area contributed by atoms with Crippen LogP contribution in [0.5, 0.6) is 0 Å². The van der Waals surface area contributed by atoms with Gasteiger partial charge in [0.25, 0.3) is 0 Å². The van der Waals surface area contributed by atoms with Gasteiger partial charge in [-0.2, -0.15) is 5.10 Å². The number of aromatic amines is 1. The molecule has 24 heavy (non-hydrogen) atoms. The molecule has 3 heterocycles. The lowest BCUT2D eigenvalue weighted by atomic mass is 10.3. The van der Waals surface area contributed by atoms with Crippen LogP contribution in [0.4, 0.5) is 11.4 Å². The lowest BCUT2D eigenvalue weighted by molar-refractivity contribution is 1.07. The summed E-state index contributed by atoms with van der Waals surface area (Å²) in [5.41, 5.74) is 4.40. The van der Waals surface area contributed by atoms with Gasteiger partial charge in [-0.1, -0.05) is 19.2 Å². The van der Waals surface area contributed by atoms with Crippen molar-refractivity contribution in [3.63, 3.8) is 0 Å². The zero-order chi connectivity index (χ0) is 17.2. The van der Waals surface area contributed by atoms with E-state index in [2.05, 4.69) is 44.0 Å². The van der Waals surface area contributed by atoms with Gasteiger partial charge in [0.2, 0.25) is 0 Å². The fraction of sp³-hybridized carbons (Fsp3) is 0.0556. The number of pyridine rings is 2. The number of aryl methyl sites for hydroxylation is 1. The maximum Gasteiger partial charge on any atom is 0.104 e. The van der Waals surface area contributed by atoms with Gasteiger partial charge in [0.1, 0.15) is 5.69 Å². The second kappa shape index (κ2) is 8.89. The number of nitrogens with zero attached hydrogens (tertiary/aromatic N) is 3. The van der Waals surface area contributed by atoms with Gasteiger partial charge in [0.15, 0.2) is 0 Å². The van der Waals surface area contributed by atoms with Gasteiger partial charge in [-0.15, -0.1) is 0 Å². The van der Waals surface area contributed by atoms with Crippen LogP contribution < -0.4 is 10.6 Å². The Kier molecular flexibility index (Phi) is 6.28. The zero-order valence-corrected chi connectivity index (χ0v) is 13.5. The average molecular weight is 320 g/mol. The summed E-state index contributed by atoms with van der Waals surface area (Å²) in [6, 6.07) is 7.71. The van der Waals surface area contributed by atoms with Gasteiger partial charge in [-0.25, -0.2) is 0 Å². The predicted octanol–water partition coefficient (Wildman–Crippen LogP) is 3.83. The predicted molar refractivity (Wildman–Crippen MR) is 98.3 cm³/mol. The van der Waals surface area contributed by atoms with Crippen molar-refractivity contribution >= 4 is 17.1 Å². The molecule has 0 atom stereocenters. The van der Waals surface area contributed by atoms with E-state index in [0.29, 0.717) is 5.70 Å². The lowest BCUT2D eigenvalue weighted by Gasteiger charge is -2.09. The second-order valence-electron chi connectivity index (χ2n) is 4.88. The molecule has 3 rings (SSSR count). The van der Waals surface area contributed by atoms with Crippen LogP contribution in [0.25, 0.3) is 5.70 Å². The van der Waals surface area contributed by atoms with E-state index in [9.17, 15) is 0 Å². The summed E-state index contributed by atoms with van der Waals surface area (Å²) >= 11 is 0. The molecule has 0 bridgehead atoms. The smallest absolute Gasteiger partial charge is 0.104 e. The Morgan fingerprint density at radius 1 is 1.12 bits per heavy atom.